The molecule has 0 unspecified atom stereocenters. The maximum absolute atomic E-state index is 12.4. The number of benzene rings is 1. The Morgan fingerprint density at radius 1 is 0.722 bits per heavy atom. The average molecular weight is 495 g/mol. The predicted molar refractivity (Wildman–Crippen MR) is 142 cm³/mol. The van der Waals surface area contributed by atoms with Crippen LogP contribution < -0.4 is 0 Å². The topological polar surface area (TPSA) is 78.9 Å². The standard InChI is InChI=1S/C30H38O6/c1-11-33-27(31)17(3)13-21-19-15-20-22(14-18(4)28(32)34-12-2)26(30(8,9)10)36-24(20)16-23(19)35-25(21)29(5,6)7/h15-16H,3-4,11-14H2,1-2,5-10H3. The van der Waals surface area contributed by atoms with Gasteiger partial charge in [-0.25, -0.2) is 9.59 Å². The van der Waals surface area contributed by atoms with Crippen LogP contribution in [-0.4, -0.2) is 25.2 Å². The number of esters is 2. The molecule has 6 nitrogen and oxygen atoms in total. The van der Waals surface area contributed by atoms with E-state index in [-0.39, 0.29) is 24.0 Å². The fourth-order valence-electron chi connectivity index (χ4n) is 4.39. The molecule has 0 aliphatic carbocycles. The van der Waals surface area contributed by atoms with Crippen molar-refractivity contribution >= 4 is 33.9 Å². The molecular weight excluding hydrogens is 456 g/mol. The van der Waals surface area contributed by atoms with Crippen molar-refractivity contribution in [2.75, 3.05) is 13.2 Å². The predicted octanol–water partition coefficient (Wildman–Crippen LogP) is 7.10. The van der Waals surface area contributed by atoms with E-state index in [4.69, 9.17) is 18.3 Å². The van der Waals surface area contributed by atoms with Gasteiger partial charge < -0.3 is 18.3 Å². The summed E-state index contributed by atoms with van der Waals surface area (Å²) in [4.78, 5) is 24.7. The summed E-state index contributed by atoms with van der Waals surface area (Å²) in [6, 6.07) is 3.92. The number of rotatable bonds is 8. The Bertz CT molecular complexity index is 1230. The van der Waals surface area contributed by atoms with Crippen LogP contribution in [0.3, 0.4) is 0 Å². The molecule has 36 heavy (non-hydrogen) atoms. The molecule has 2 aromatic heterocycles. The lowest BCUT2D eigenvalue weighted by atomic mass is 9.86. The second-order valence-corrected chi connectivity index (χ2v) is 11.2. The average Bonchev–Trinajstić information content (AvgIpc) is 3.30. The molecule has 0 spiro atoms. The maximum atomic E-state index is 12.4. The van der Waals surface area contributed by atoms with Gasteiger partial charge in [0.1, 0.15) is 22.7 Å². The molecule has 3 aromatic rings. The first-order valence-corrected chi connectivity index (χ1v) is 12.4. The monoisotopic (exact) mass is 494 g/mol. The van der Waals surface area contributed by atoms with Gasteiger partial charge in [-0.05, 0) is 19.9 Å². The van der Waals surface area contributed by atoms with Crippen LogP contribution in [0.4, 0.5) is 0 Å². The van der Waals surface area contributed by atoms with Crippen molar-refractivity contribution in [2.45, 2.75) is 79.1 Å². The molecule has 0 radical (unpaired) electrons. The van der Waals surface area contributed by atoms with Crippen molar-refractivity contribution < 1.29 is 27.9 Å². The Kier molecular flexibility index (Phi) is 7.58. The molecule has 0 aliphatic rings. The summed E-state index contributed by atoms with van der Waals surface area (Å²) in [5.74, 6) is 0.725. The van der Waals surface area contributed by atoms with Crippen LogP contribution in [0.5, 0.6) is 0 Å². The lowest BCUT2D eigenvalue weighted by molar-refractivity contribution is -0.139. The molecule has 0 saturated heterocycles. The molecule has 0 fully saturated rings. The van der Waals surface area contributed by atoms with Crippen molar-refractivity contribution in [1.82, 2.24) is 0 Å². The van der Waals surface area contributed by atoms with Crippen LogP contribution in [0.15, 0.2) is 45.3 Å². The van der Waals surface area contributed by atoms with E-state index in [0.29, 0.717) is 35.2 Å². The molecular formula is C30H38O6. The Labute approximate surface area is 213 Å². The molecule has 0 aliphatic heterocycles. The van der Waals surface area contributed by atoms with Gasteiger partial charge in [0, 0.05) is 62.8 Å². The van der Waals surface area contributed by atoms with Crippen molar-refractivity contribution in [3.05, 3.63) is 59.1 Å². The van der Waals surface area contributed by atoms with E-state index in [2.05, 4.69) is 54.7 Å². The molecule has 0 bridgehead atoms. The molecule has 6 heteroatoms. The molecule has 1 aromatic carbocycles. The summed E-state index contributed by atoms with van der Waals surface area (Å²) in [5, 5.41) is 1.75. The molecule has 0 saturated carbocycles. The van der Waals surface area contributed by atoms with Crippen LogP contribution in [0, 0.1) is 0 Å². The molecule has 0 atom stereocenters. The van der Waals surface area contributed by atoms with Gasteiger partial charge in [0.15, 0.2) is 0 Å². The summed E-state index contributed by atoms with van der Waals surface area (Å²) in [6.07, 6.45) is 0.609. The fraction of sp³-hybridized carbons (Fsp3) is 0.467. The third-order valence-corrected chi connectivity index (χ3v) is 5.98. The number of carbonyl (C=O) groups excluding carboxylic acids is 2. The lowest BCUT2D eigenvalue weighted by Gasteiger charge is -2.18. The highest BCUT2D eigenvalue weighted by atomic mass is 16.5. The Hall–Kier alpha value is -3.28. The van der Waals surface area contributed by atoms with E-state index in [1.165, 1.54) is 0 Å². The summed E-state index contributed by atoms with van der Waals surface area (Å²) in [6.45, 7) is 24.5. The van der Waals surface area contributed by atoms with Gasteiger partial charge in [0.2, 0.25) is 0 Å². The van der Waals surface area contributed by atoms with E-state index >= 15 is 0 Å². The van der Waals surface area contributed by atoms with E-state index in [9.17, 15) is 9.59 Å². The molecule has 3 rings (SSSR count). The highest BCUT2D eigenvalue weighted by molar-refractivity contribution is 5.99. The van der Waals surface area contributed by atoms with Crippen LogP contribution in [0.2, 0.25) is 0 Å². The summed E-state index contributed by atoms with van der Waals surface area (Å²) in [5.41, 5.74) is 3.25. The van der Waals surface area contributed by atoms with E-state index in [0.717, 1.165) is 33.4 Å². The van der Waals surface area contributed by atoms with Gasteiger partial charge >= 0.3 is 11.9 Å². The summed E-state index contributed by atoms with van der Waals surface area (Å²) < 4.78 is 23.0. The lowest BCUT2D eigenvalue weighted by Crippen LogP contribution is -2.15. The van der Waals surface area contributed by atoms with Gasteiger partial charge in [-0.3, -0.25) is 0 Å². The van der Waals surface area contributed by atoms with Gasteiger partial charge in [-0.15, -0.1) is 0 Å². The zero-order valence-electron chi connectivity index (χ0n) is 22.8. The number of hydrogen-bond acceptors (Lipinski definition) is 6. The molecule has 2 heterocycles. The minimum Gasteiger partial charge on any atom is -0.463 e. The van der Waals surface area contributed by atoms with Crippen molar-refractivity contribution in [1.29, 1.82) is 0 Å². The second kappa shape index (κ2) is 10.00. The normalized spacial score (nSPS) is 12.2. The quantitative estimate of drug-likeness (QED) is 0.245. The first-order valence-electron chi connectivity index (χ1n) is 12.4. The Morgan fingerprint density at radius 2 is 1.08 bits per heavy atom. The van der Waals surface area contributed by atoms with Crippen LogP contribution >= 0.6 is 0 Å². The van der Waals surface area contributed by atoms with Crippen molar-refractivity contribution in [2.24, 2.45) is 0 Å². The fourth-order valence-corrected chi connectivity index (χ4v) is 4.39. The second-order valence-electron chi connectivity index (χ2n) is 11.2. The van der Waals surface area contributed by atoms with E-state index in [1.807, 2.05) is 12.1 Å². The number of furan rings is 2. The largest absolute Gasteiger partial charge is 0.463 e. The van der Waals surface area contributed by atoms with E-state index in [1.54, 1.807) is 13.8 Å². The zero-order valence-corrected chi connectivity index (χ0v) is 22.8. The third kappa shape index (κ3) is 5.43. The number of carbonyl (C=O) groups is 2. The number of ether oxygens (including phenoxy) is 2. The van der Waals surface area contributed by atoms with Gasteiger partial charge in [-0.2, -0.15) is 0 Å². The Balaban J connectivity index is 2.26. The van der Waals surface area contributed by atoms with Crippen LogP contribution in [0.1, 0.15) is 78.0 Å². The third-order valence-electron chi connectivity index (χ3n) is 5.98. The van der Waals surface area contributed by atoms with Crippen LogP contribution in [-0.2, 0) is 42.7 Å². The molecule has 194 valence electrons. The van der Waals surface area contributed by atoms with Crippen molar-refractivity contribution in [3.63, 3.8) is 0 Å². The first kappa shape index (κ1) is 27.3. The summed E-state index contributed by atoms with van der Waals surface area (Å²) >= 11 is 0. The highest BCUT2D eigenvalue weighted by Gasteiger charge is 2.30. The van der Waals surface area contributed by atoms with Crippen molar-refractivity contribution in [3.8, 4) is 0 Å². The smallest absolute Gasteiger partial charge is 0.333 e. The first-order chi connectivity index (χ1) is 16.7. The SMILES string of the molecule is C=C(Cc1c(C(C)(C)C)oc2cc3oc(C(C)(C)C)c(CC(=C)C(=O)OCC)c3cc12)C(=O)OCC. The van der Waals surface area contributed by atoms with Gasteiger partial charge in [0.05, 0.1) is 13.2 Å². The van der Waals surface area contributed by atoms with Crippen LogP contribution in [0.25, 0.3) is 21.9 Å². The van der Waals surface area contributed by atoms with Gasteiger partial charge in [-0.1, -0.05) is 54.7 Å². The zero-order chi connectivity index (χ0) is 27.0. The Morgan fingerprint density at radius 3 is 1.39 bits per heavy atom. The number of hydrogen-bond donors (Lipinski definition) is 0. The minimum atomic E-state index is -0.419. The summed E-state index contributed by atoms with van der Waals surface area (Å²) in [7, 11) is 0. The molecule has 0 N–H and O–H groups in total. The highest BCUT2D eigenvalue weighted by Crippen LogP contribution is 2.42. The maximum Gasteiger partial charge on any atom is 0.333 e. The number of fused-ring (bicyclic) bond motifs is 2. The van der Waals surface area contributed by atoms with E-state index < -0.39 is 11.9 Å². The molecule has 0 amide bonds. The minimum absolute atomic E-state index is 0.287. The van der Waals surface area contributed by atoms with Gasteiger partial charge in [0.25, 0.3) is 0 Å².